The van der Waals surface area contributed by atoms with E-state index >= 15 is 0 Å². The van der Waals surface area contributed by atoms with Crippen molar-refractivity contribution in [3.63, 3.8) is 0 Å². The number of benzene rings is 1. The van der Waals surface area contributed by atoms with Crippen molar-refractivity contribution in [1.29, 1.82) is 0 Å². The number of aliphatic hydroxyl groups is 2. The first kappa shape index (κ1) is 28.3. The molecule has 13 nitrogen and oxygen atoms in total. The maximum Gasteiger partial charge on any atom is 0.244 e. The molecule has 1 aromatic carbocycles. The zero-order valence-corrected chi connectivity index (χ0v) is 22.7. The summed E-state index contributed by atoms with van der Waals surface area (Å²) >= 11 is 0. The van der Waals surface area contributed by atoms with Crippen LogP contribution in [0.15, 0.2) is 24.3 Å². The van der Waals surface area contributed by atoms with E-state index in [0.717, 1.165) is 5.56 Å². The smallest absolute Gasteiger partial charge is 0.244 e. The maximum atomic E-state index is 13.9. The van der Waals surface area contributed by atoms with E-state index in [4.69, 9.17) is 9.47 Å². The molecule has 0 aromatic heterocycles. The molecule has 13 heteroatoms. The highest BCUT2D eigenvalue weighted by atomic mass is 16.5. The van der Waals surface area contributed by atoms with Crippen molar-refractivity contribution in [2.75, 3.05) is 39.8 Å². The van der Waals surface area contributed by atoms with E-state index in [2.05, 4.69) is 10.6 Å². The van der Waals surface area contributed by atoms with Crippen LogP contribution in [-0.2, 0) is 30.5 Å². The Balaban J connectivity index is 1.43. The standard InChI is InChI=1S/C27H37N5O8/c1-15(33)32-7-6-30-14-20(32)26(37)28-11-22-25(36)24(35)21(40-22)10-23(34)29-17-9-19(27(30)38)31(13-17)12-16-4-3-5-18(8-16)39-2/h3-5,8,17,19-22,24-25,35-36H,6-7,9-14H2,1-2H3,(H,28,37)(H,29,34)/t17-,19-,20-,21-,22+,24-,25+/m0/s1. The molecular formula is C27H37N5O8. The topological polar surface area (TPSA) is 161 Å². The van der Waals surface area contributed by atoms with E-state index < -0.39 is 42.4 Å². The van der Waals surface area contributed by atoms with Crippen LogP contribution in [0.2, 0.25) is 0 Å². The van der Waals surface area contributed by atoms with Crippen molar-refractivity contribution in [2.24, 2.45) is 0 Å². The van der Waals surface area contributed by atoms with Crippen molar-refractivity contribution in [3.05, 3.63) is 29.8 Å². The molecule has 4 fully saturated rings. The van der Waals surface area contributed by atoms with E-state index in [1.807, 2.05) is 29.2 Å². The molecule has 218 valence electrons. The molecule has 0 aliphatic carbocycles. The Morgan fingerprint density at radius 2 is 1.88 bits per heavy atom. The first-order valence-corrected chi connectivity index (χ1v) is 13.7. The van der Waals surface area contributed by atoms with Gasteiger partial charge in [0.05, 0.1) is 32.2 Å². The second-order valence-electron chi connectivity index (χ2n) is 11.0. The normalized spacial score (nSPS) is 33.5. The van der Waals surface area contributed by atoms with Crippen molar-refractivity contribution < 1.29 is 38.9 Å². The number of nitrogens with zero attached hydrogens (tertiary/aromatic N) is 3. The van der Waals surface area contributed by atoms with Gasteiger partial charge in [0.1, 0.15) is 30.1 Å². The lowest BCUT2D eigenvalue weighted by Crippen LogP contribution is -2.63. The summed E-state index contributed by atoms with van der Waals surface area (Å²) in [6, 6.07) is 5.75. The van der Waals surface area contributed by atoms with Gasteiger partial charge in [-0.2, -0.15) is 0 Å². The van der Waals surface area contributed by atoms with E-state index in [1.165, 1.54) is 11.8 Å². The number of ether oxygens (including phenoxy) is 2. The summed E-state index contributed by atoms with van der Waals surface area (Å²) in [6.45, 7) is 2.61. The van der Waals surface area contributed by atoms with Gasteiger partial charge in [0.25, 0.3) is 0 Å². The Morgan fingerprint density at radius 3 is 2.62 bits per heavy atom. The molecule has 4 saturated heterocycles. The van der Waals surface area contributed by atoms with E-state index in [9.17, 15) is 29.4 Å². The highest BCUT2D eigenvalue weighted by Crippen LogP contribution is 2.27. The van der Waals surface area contributed by atoms with Crippen LogP contribution in [0.5, 0.6) is 5.75 Å². The predicted octanol–water partition coefficient (Wildman–Crippen LogP) is -2.18. The Hall–Kier alpha value is -3.26. The molecule has 0 spiro atoms. The highest BCUT2D eigenvalue weighted by molar-refractivity contribution is 5.89. The Morgan fingerprint density at radius 1 is 1.10 bits per heavy atom. The van der Waals surface area contributed by atoms with Crippen LogP contribution < -0.4 is 15.4 Å². The number of hydrogen-bond acceptors (Lipinski definition) is 9. The lowest BCUT2D eigenvalue weighted by atomic mass is 10.0. The van der Waals surface area contributed by atoms with Crippen molar-refractivity contribution in [2.45, 2.75) is 68.9 Å². The fraction of sp³-hybridized carbons (Fsp3) is 0.630. The molecule has 4 aliphatic rings. The monoisotopic (exact) mass is 559 g/mol. The quantitative estimate of drug-likeness (QED) is 0.323. The molecule has 4 N–H and O–H groups in total. The largest absolute Gasteiger partial charge is 0.497 e. The number of amides is 4. The maximum absolute atomic E-state index is 13.9. The summed E-state index contributed by atoms with van der Waals surface area (Å²) in [5.74, 6) is -0.592. The summed E-state index contributed by atoms with van der Waals surface area (Å²) in [5.41, 5.74) is 0.941. The summed E-state index contributed by atoms with van der Waals surface area (Å²) < 4.78 is 11.1. The minimum Gasteiger partial charge on any atom is -0.497 e. The molecule has 4 amide bonds. The van der Waals surface area contributed by atoms with Crippen LogP contribution in [0.3, 0.4) is 0 Å². The van der Waals surface area contributed by atoms with Gasteiger partial charge in [0.15, 0.2) is 0 Å². The highest BCUT2D eigenvalue weighted by Gasteiger charge is 2.46. The SMILES string of the molecule is COc1cccc(CN2C[C@@H]3C[C@H]2C(=O)N2CCN(C(C)=O)[C@@H](C2)C(=O)NC[C@H]2O[C@@H](CC(=O)N3)[C@H](O)[C@@H]2O)c1. The molecule has 0 unspecified atom stereocenters. The fourth-order valence-corrected chi connectivity index (χ4v) is 6.19. The number of carbonyl (C=O) groups excluding carboxylic acids is 4. The number of carbonyl (C=O) groups is 4. The minimum atomic E-state index is -1.30. The average molecular weight is 560 g/mol. The van der Waals surface area contributed by atoms with E-state index in [1.54, 1.807) is 12.0 Å². The molecular weight excluding hydrogens is 522 g/mol. The van der Waals surface area contributed by atoms with Crippen LogP contribution in [0.1, 0.15) is 25.3 Å². The summed E-state index contributed by atoms with van der Waals surface area (Å²) in [4.78, 5) is 57.5. The van der Waals surface area contributed by atoms with Crippen molar-refractivity contribution in [1.82, 2.24) is 25.3 Å². The van der Waals surface area contributed by atoms with Crippen LogP contribution >= 0.6 is 0 Å². The second kappa shape index (κ2) is 11.7. The predicted molar refractivity (Wildman–Crippen MR) is 140 cm³/mol. The van der Waals surface area contributed by atoms with Gasteiger partial charge in [-0.1, -0.05) is 12.1 Å². The number of rotatable bonds is 3. The molecule has 4 aliphatic heterocycles. The number of hydrogen-bond donors (Lipinski definition) is 4. The van der Waals surface area contributed by atoms with E-state index in [0.29, 0.717) is 25.3 Å². The zero-order valence-electron chi connectivity index (χ0n) is 22.7. The molecule has 7 atom stereocenters. The third-order valence-corrected chi connectivity index (χ3v) is 8.30. The van der Waals surface area contributed by atoms with Crippen LogP contribution in [0.4, 0.5) is 0 Å². The van der Waals surface area contributed by atoms with Gasteiger partial charge in [-0.15, -0.1) is 0 Å². The Kier molecular flexibility index (Phi) is 8.26. The number of methoxy groups -OCH3 is 1. The van der Waals surface area contributed by atoms with Crippen LogP contribution in [0, 0.1) is 0 Å². The number of nitrogens with one attached hydrogen (secondary N) is 2. The lowest BCUT2D eigenvalue weighted by molar-refractivity contribution is -0.149. The summed E-state index contributed by atoms with van der Waals surface area (Å²) in [6.07, 6.45) is -4.29. The fourth-order valence-electron chi connectivity index (χ4n) is 6.19. The third-order valence-electron chi connectivity index (χ3n) is 8.30. The van der Waals surface area contributed by atoms with Gasteiger partial charge >= 0.3 is 0 Å². The van der Waals surface area contributed by atoms with Crippen molar-refractivity contribution in [3.8, 4) is 5.75 Å². The van der Waals surface area contributed by atoms with E-state index in [-0.39, 0.29) is 56.4 Å². The molecule has 0 radical (unpaired) electrons. The number of fused-ring (bicyclic) bond motifs is 6. The zero-order chi connectivity index (χ0) is 28.6. The van der Waals surface area contributed by atoms with Gasteiger partial charge in [-0.3, -0.25) is 24.1 Å². The summed E-state index contributed by atoms with van der Waals surface area (Å²) in [5, 5.41) is 26.7. The lowest BCUT2D eigenvalue weighted by Gasteiger charge is -2.41. The van der Waals surface area contributed by atoms with Crippen LogP contribution in [0.25, 0.3) is 0 Å². The first-order chi connectivity index (χ1) is 19.1. The molecule has 0 saturated carbocycles. The first-order valence-electron chi connectivity index (χ1n) is 13.7. The molecule has 40 heavy (non-hydrogen) atoms. The van der Waals surface area contributed by atoms with Crippen molar-refractivity contribution >= 4 is 23.6 Å². The molecule has 4 heterocycles. The van der Waals surface area contributed by atoms with Gasteiger partial charge in [-0.05, 0) is 24.1 Å². The number of piperazine rings is 1. The number of aliphatic hydroxyl groups excluding tert-OH is 2. The number of likely N-dealkylation sites (tertiary alicyclic amines) is 1. The Labute approximate surface area is 232 Å². The third kappa shape index (κ3) is 5.78. The van der Waals surface area contributed by atoms with Gasteiger partial charge in [0.2, 0.25) is 23.6 Å². The van der Waals surface area contributed by atoms with Gasteiger partial charge in [0, 0.05) is 45.7 Å². The second-order valence-corrected chi connectivity index (χ2v) is 11.0. The summed E-state index contributed by atoms with van der Waals surface area (Å²) in [7, 11) is 1.59. The average Bonchev–Trinajstić information content (AvgIpc) is 3.45. The van der Waals surface area contributed by atoms with Crippen LogP contribution in [-0.4, -0.2) is 131 Å². The minimum absolute atomic E-state index is 0.0180. The molecule has 6 bridgehead atoms. The molecule has 5 rings (SSSR count). The molecule has 1 aromatic rings. The van der Waals surface area contributed by atoms with Gasteiger partial charge in [-0.25, -0.2) is 0 Å². The Bertz CT molecular complexity index is 1150. The van der Waals surface area contributed by atoms with Gasteiger partial charge < -0.3 is 40.1 Å².